The molecule has 1 aliphatic rings. The lowest BCUT2D eigenvalue weighted by atomic mass is 10.2. The van der Waals surface area contributed by atoms with Crippen molar-refractivity contribution in [2.75, 3.05) is 6.79 Å². The topological polar surface area (TPSA) is 53.4 Å². The maximum Gasteiger partial charge on any atom is 0.256 e. The van der Waals surface area contributed by atoms with E-state index in [-0.39, 0.29) is 12.7 Å². The zero-order chi connectivity index (χ0) is 15.8. The molecule has 0 bridgehead atoms. The van der Waals surface area contributed by atoms with Gasteiger partial charge in [0.15, 0.2) is 11.5 Å². The third-order valence-electron chi connectivity index (χ3n) is 3.76. The maximum atomic E-state index is 12.5. The highest BCUT2D eigenvalue weighted by Crippen LogP contribution is 2.32. The predicted molar refractivity (Wildman–Crippen MR) is 86.7 cm³/mol. The minimum Gasteiger partial charge on any atom is -0.454 e. The summed E-state index contributed by atoms with van der Waals surface area (Å²) in [7, 11) is 0. The zero-order valence-electron chi connectivity index (χ0n) is 12.5. The van der Waals surface area contributed by atoms with Gasteiger partial charge in [0.25, 0.3) is 5.91 Å². The summed E-state index contributed by atoms with van der Waals surface area (Å²) >= 11 is 0. The van der Waals surface area contributed by atoms with E-state index < -0.39 is 0 Å². The van der Waals surface area contributed by atoms with Gasteiger partial charge in [0.05, 0.1) is 11.0 Å². The van der Waals surface area contributed by atoms with Crippen LogP contribution in [-0.2, 0) is 0 Å². The van der Waals surface area contributed by atoms with Crippen LogP contribution in [0.3, 0.4) is 0 Å². The molecule has 0 radical (unpaired) electrons. The molecule has 114 valence electrons. The van der Waals surface area contributed by atoms with Gasteiger partial charge in [0.1, 0.15) is 5.82 Å². The Labute approximate surface area is 132 Å². The van der Waals surface area contributed by atoms with Crippen LogP contribution in [0, 0.1) is 6.92 Å². The van der Waals surface area contributed by atoms with E-state index in [2.05, 4.69) is 4.98 Å². The minimum absolute atomic E-state index is 0.131. The molecule has 5 nitrogen and oxygen atoms in total. The van der Waals surface area contributed by atoms with Crippen LogP contribution in [0.4, 0.5) is 0 Å². The van der Waals surface area contributed by atoms with Gasteiger partial charge < -0.3 is 9.47 Å². The number of allylic oxidation sites excluding steroid dienone is 1. The van der Waals surface area contributed by atoms with Crippen LogP contribution in [-0.4, -0.2) is 22.3 Å². The lowest BCUT2D eigenvalue weighted by Gasteiger charge is -2.01. The molecule has 0 saturated heterocycles. The molecule has 23 heavy (non-hydrogen) atoms. The van der Waals surface area contributed by atoms with E-state index in [0.717, 1.165) is 22.3 Å². The van der Waals surface area contributed by atoms with Crippen molar-refractivity contribution in [1.82, 2.24) is 9.55 Å². The van der Waals surface area contributed by atoms with E-state index in [9.17, 15) is 4.79 Å². The molecule has 5 heteroatoms. The number of para-hydroxylation sites is 2. The normalized spacial score (nSPS) is 13.1. The van der Waals surface area contributed by atoms with Crippen LogP contribution >= 0.6 is 0 Å². The first-order valence-corrected chi connectivity index (χ1v) is 7.28. The highest BCUT2D eigenvalue weighted by Gasteiger charge is 2.13. The fourth-order valence-electron chi connectivity index (χ4n) is 2.68. The number of fused-ring (bicyclic) bond motifs is 2. The third kappa shape index (κ3) is 2.36. The van der Waals surface area contributed by atoms with Crippen LogP contribution < -0.4 is 9.47 Å². The SMILES string of the molecule is Cc1nc2ccccc2n1C(=O)C=Cc1ccc2c(c1)OCO2. The fraction of sp³-hybridized carbons (Fsp3) is 0.111. The van der Waals surface area contributed by atoms with E-state index in [1.807, 2.05) is 49.4 Å². The molecule has 1 aliphatic heterocycles. The number of aryl methyl sites for hydroxylation is 1. The van der Waals surface area contributed by atoms with Crippen molar-refractivity contribution in [3.05, 3.63) is 59.9 Å². The van der Waals surface area contributed by atoms with Crippen LogP contribution in [0.25, 0.3) is 17.1 Å². The number of hydrogen-bond acceptors (Lipinski definition) is 4. The Hall–Kier alpha value is -3.08. The first-order chi connectivity index (χ1) is 11.2. The van der Waals surface area contributed by atoms with Crippen molar-refractivity contribution in [3.63, 3.8) is 0 Å². The Morgan fingerprint density at radius 2 is 2.00 bits per heavy atom. The van der Waals surface area contributed by atoms with Gasteiger partial charge in [0, 0.05) is 6.08 Å². The fourth-order valence-corrected chi connectivity index (χ4v) is 2.68. The molecule has 0 saturated carbocycles. The summed E-state index contributed by atoms with van der Waals surface area (Å²) in [5.74, 6) is 1.97. The number of nitrogens with zero attached hydrogens (tertiary/aromatic N) is 2. The summed E-state index contributed by atoms with van der Waals surface area (Å²) in [6.07, 6.45) is 3.30. The largest absolute Gasteiger partial charge is 0.454 e. The number of imidazole rings is 1. The van der Waals surface area contributed by atoms with E-state index in [0.29, 0.717) is 11.6 Å². The minimum atomic E-state index is -0.131. The lowest BCUT2D eigenvalue weighted by Crippen LogP contribution is -2.08. The average Bonchev–Trinajstić information content (AvgIpc) is 3.15. The maximum absolute atomic E-state index is 12.5. The van der Waals surface area contributed by atoms with Crippen LogP contribution in [0.1, 0.15) is 16.2 Å². The number of hydrogen-bond donors (Lipinski definition) is 0. The van der Waals surface area contributed by atoms with E-state index in [4.69, 9.17) is 9.47 Å². The quantitative estimate of drug-likeness (QED) is 0.681. The Bertz CT molecular complexity index is 941. The Morgan fingerprint density at radius 3 is 2.91 bits per heavy atom. The number of aromatic nitrogens is 2. The number of carbonyl (C=O) groups excluding carboxylic acids is 1. The van der Waals surface area contributed by atoms with Gasteiger partial charge in [-0.3, -0.25) is 9.36 Å². The second-order valence-corrected chi connectivity index (χ2v) is 5.27. The number of carbonyl (C=O) groups is 1. The molecule has 2 aromatic carbocycles. The van der Waals surface area contributed by atoms with Gasteiger partial charge in [0.2, 0.25) is 6.79 Å². The summed E-state index contributed by atoms with van der Waals surface area (Å²) in [6.45, 7) is 2.06. The van der Waals surface area contributed by atoms with Gasteiger partial charge in [-0.25, -0.2) is 4.98 Å². The molecule has 0 spiro atoms. The molecule has 0 atom stereocenters. The van der Waals surface area contributed by atoms with Crippen molar-refractivity contribution < 1.29 is 14.3 Å². The molecule has 1 aromatic heterocycles. The van der Waals surface area contributed by atoms with Gasteiger partial charge in [-0.2, -0.15) is 0 Å². The number of ether oxygens (including phenoxy) is 2. The first-order valence-electron chi connectivity index (χ1n) is 7.28. The third-order valence-corrected chi connectivity index (χ3v) is 3.76. The Morgan fingerprint density at radius 1 is 1.17 bits per heavy atom. The molecular formula is C18H14N2O3. The lowest BCUT2D eigenvalue weighted by molar-refractivity contribution is 0.0972. The smallest absolute Gasteiger partial charge is 0.256 e. The molecule has 2 heterocycles. The van der Waals surface area contributed by atoms with Gasteiger partial charge in [-0.05, 0) is 42.8 Å². The Balaban J connectivity index is 1.65. The molecule has 0 fully saturated rings. The molecule has 0 amide bonds. The molecule has 0 aliphatic carbocycles. The summed E-state index contributed by atoms with van der Waals surface area (Å²) in [5.41, 5.74) is 2.50. The highest BCUT2D eigenvalue weighted by atomic mass is 16.7. The van der Waals surface area contributed by atoms with Crippen LogP contribution in [0.2, 0.25) is 0 Å². The first kappa shape index (κ1) is 13.6. The van der Waals surface area contributed by atoms with Gasteiger partial charge in [-0.1, -0.05) is 18.2 Å². The monoisotopic (exact) mass is 306 g/mol. The molecule has 4 rings (SSSR count). The van der Waals surface area contributed by atoms with Crippen LogP contribution in [0.15, 0.2) is 48.5 Å². The Kier molecular flexibility index (Phi) is 3.12. The van der Waals surface area contributed by atoms with E-state index >= 15 is 0 Å². The standard InChI is InChI=1S/C18H14N2O3/c1-12-19-14-4-2-3-5-15(14)20(12)18(21)9-7-13-6-8-16-17(10-13)23-11-22-16/h2-10H,11H2,1H3. The number of benzene rings is 2. The summed E-state index contributed by atoms with van der Waals surface area (Å²) in [6, 6.07) is 13.2. The van der Waals surface area contributed by atoms with Crippen molar-refractivity contribution in [3.8, 4) is 11.5 Å². The predicted octanol–water partition coefficient (Wildman–Crippen LogP) is 3.43. The highest BCUT2D eigenvalue weighted by molar-refractivity contribution is 5.99. The van der Waals surface area contributed by atoms with Crippen molar-refractivity contribution in [2.24, 2.45) is 0 Å². The van der Waals surface area contributed by atoms with E-state index in [1.165, 1.54) is 0 Å². The second kappa shape index (κ2) is 5.28. The number of rotatable bonds is 2. The van der Waals surface area contributed by atoms with Gasteiger partial charge >= 0.3 is 0 Å². The second-order valence-electron chi connectivity index (χ2n) is 5.27. The molecule has 0 unspecified atom stereocenters. The zero-order valence-corrected chi connectivity index (χ0v) is 12.5. The summed E-state index contributed by atoms with van der Waals surface area (Å²) < 4.78 is 12.2. The summed E-state index contributed by atoms with van der Waals surface area (Å²) in [4.78, 5) is 16.9. The van der Waals surface area contributed by atoms with Crippen LogP contribution in [0.5, 0.6) is 11.5 Å². The molecular weight excluding hydrogens is 292 g/mol. The van der Waals surface area contributed by atoms with E-state index in [1.54, 1.807) is 16.7 Å². The average molecular weight is 306 g/mol. The molecule has 0 N–H and O–H groups in total. The van der Waals surface area contributed by atoms with Crippen molar-refractivity contribution in [2.45, 2.75) is 6.92 Å². The van der Waals surface area contributed by atoms with Crippen molar-refractivity contribution in [1.29, 1.82) is 0 Å². The van der Waals surface area contributed by atoms with Gasteiger partial charge in [-0.15, -0.1) is 0 Å². The molecule has 3 aromatic rings. The van der Waals surface area contributed by atoms with Crippen molar-refractivity contribution >= 4 is 23.0 Å². The summed E-state index contributed by atoms with van der Waals surface area (Å²) in [5, 5.41) is 0.